The summed E-state index contributed by atoms with van der Waals surface area (Å²) in [5.41, 5.74) is 3.65. The van der Waals surface area contributed by atoms with Crippen LogP contribution in [0, 0.1) is 24.7 Å². The van der Waals surface area contributed by atoms with Crippen LogP contribution in [-0.2, 0) is 0 Å². The molecule has 0 radical (unpaired) electrons. The summed E-state index contributed by atoms with van der Waals surface area (Å²) < 4.78 is 6.01. The predicted molar refractivity (Wildman–Crippen MR) is 146 cm³/mol. The van der Waals surface area contributed by atoms with Crippen molar-refractivity contribution in [2.45, 2.75) is 19.8 Å². The first-order chi connectivity index (χ1) is 18.1. The molecule has 0 unspecified atom stereocenters. The summed E-state index contributed by atoms with van der Waals surface area (Å²) in [6.07, 6.45) is 3.51. The van der Waals surface area contributed by atoms with Gasteiger partial charge in [-0.1, -0.05) is 30.0 Å². The number of urea groups is 1. The van der Waals surface area contributed by atoms with Gasteiger partial charge < -0.3 is 20.3 Å². The van der Waals surface area contributed by atoms with Crippen LogP contribution in [0.2, 0.25) is 0 Å². The Morgan fingerprint density at radius 3 is 2.76 bits per heavy atom. The molecule has 37 heavy (non-hydrogen) atoms. The van der Waals surface area contributed by atoms with Crippen LogP contribution >= 0.6 is 0 Å². The fraction of sp³-hybridized carbons (Fsp3) is 0.233. The number of benzene rings is 3. The van der Waals surface area contributed by atoms with Crippen molar-refractivity contribution in [2.24, 2.45) is 5.92 Å². The largest absolute Gasteiger partial charge is 0.457 e. The molecule has 1 aliphatic heterocycles. The van der Waals surface area contributed by atoms with E-state index in [1.807, 2.05) is 78.6 Å². The van der Waals surface area contributed by atoms with Crippen molar-refractivity contribution in [1.29, 1.82) is 0 Å². The zero-order valence-corrected chi connectivity index (χ0v) is 21.0. The van der Waals surface area contributed by atoms with Gasteiger partial charge in [-0.25, -0.2) is 14.8 Å². The molecule has 0 spiro atoms. The molecule has 1 atom stereocenters. The molecule has 3 aromatic carbocycles. The number of amides is 2. The second-order valence-corrected chi connectivity index (χ2v) is 9.08. The quantitative estimate of drug-likeness (QED) is 0.349. The van der Waals surface area contributed by atoms with Gasteiger partial charge in [0.2, 0.25) is 0 Å². The monoisotopic (exact) mass is 491 g/mol. The number of aryl methyl sites for hydroxylation is 1. The van der Waals surface area contributed by atoms with Crippen LogP contribution in [0.3, 0.4) is 0 Å². The van der Waals surface area contributed by atoms with E-state index in [0.29, 0.717) is 12.4 Å². The lowest BCUT2D eigenvalue weighted by molar-refractivity contribution is 0.179. The van der Waals surface area contributed by atoms with Gasteiger partial charge in [-0.05, 0) is 73.9 Å². The molecule has 5 rings (SSSR count). The van der Waals surface area contributed by atoms with E-state index in [0.717, 1.165) is 58.6 Å². The van der Waals surface area contributed by atoms with Crippen LogP contribution in [0.15, 0.2) is 73.1 Å². The lowest BCUT2D eigenvalue weighted by Crippen LogP contribution is -2.44. The smallest absolute Gasteiger partial charge is 0.317 e. The summed E-state index contributed by atoms with van der Waals surface area (Å²) in [6.45, 7) is 3.45. The average Bonchev–Trinajstić information content (AvgIpc) is 2.94. The number of hydrogen-bond acceptors (Lipinski definition) is 5. The van der Waals surface area contributed by atoms with Gasteiger partial charge in [0.1, 0.15) is 23.6 Å². The van der Waals surface area contributed by atoms with E-state index in [1.54, 1.807) is 13.4 Å². The maximum atomic E-state index is 12.0. The second-order valence-electron chi connectivity index (χ2n) is 9.08. The highest BCUT2D eigenvalue weighted by molar-refractivity contribution is 5.91. The fourth-order valence-corrected chi connectivity index (χ4v) is 4.45. The van der Waals surface area contributed by atoms with Gasteiger partial charge in [0.25, 0.3) is 0 Å². The molecule has 4 aromatic rings. The number of rotatable bonds is 4. The number of para-hydroxylation sites is 1. The van der Waals surface area contributed by atoms with Crippen LogP contribution < -0.4 is 15.4 Å². The van der Waals surface area contributed by atoms with Crippen LogP contribution in [0.5, 0.6) is 11.5 Å². The maximum absolute atomic E-state index is 12.0. The normalized spacial score (nSPS) is 15.0. The van der Waals surface area contributed by atoms with Crippen LogP contribution in [0.4, 0.5) is 16.3 Å². The molecule has 0 aliphatic carbocycles. The first-order valence-electron chi connectivity index (χ1n) is 12.4. The molecule has 186 valence electrons. The number of fused-ring (bicyclic) bond motifs is 1. The number of nitrogens with one attached hydrogen (secondary N) is 2. The van der Waals surface area contributed by atoms with Gasteiger partial charge in [-0.2, -0.15) is 0 Å². The molecular formula is C30H29N5O2. The Kier molecular flexibility index (Phi) is 7.18. The van der Waals surface area contributed by atoms with Crippen LogP contribution in [0.25, 0.3) is 10.9 Å². The van der Waals surface area contributed by atoms with Gasteiger partial charge >= 0.3 is 6.03 Å². The Hall–Kier alpha value is -4.57. The number of ether oxygens (including phenoxy) is 1. The molecule has 2 heterocycles. The van der Waals surface area contributed by atoms with E-state index in [4.69, 9.17) is 4.74 Å². The number of aromatic nitrogens is 2. The number of piperidine rings is 1. The third-order valence-corrected chi connectivity index (χ3v) is 6.39. The minimum atomic E-state index is -0.0417. The first-order valence-corrected chi connectivity index (χ1v) is 12.4. The SMILES string of the molecule is CNC(=O)N1CCC[C@@H](C#Cc2ccc3ncnc(Nc4ccc(Oc5ccccc5)c(C)c4)c3c2)C1. The summed E-state index contributed by atoms with van der Waals surface area (Å²) in [7, 11) is 1.66. The van der Waals surface area contributed by atoms with E-state index in [-0.39, 0.29) is 11.9 Å². The zero-order valence-electron chi connectivity index (χ0n) is 21.0. The Bertz CT molecular complexity index is 1480. The van der Waals surface area contributed by atoms with Crippen molar-refractivity contribution in [3.63, 3.8) is 0 Å². The molecule has 2 N–H and O–H groups in total. The van der Waals surface area contributed by atoms with Crippen molar-refractivity contribution in [3.05, 3.63) is 84.2 Å². The molecule has 0 bridgehead atoms. The van der Waals surface area contributed by atoms with E-state index < -0.39 is 0 Å². The fourth-order valence-electron chi connectivity index (χ4n) is 4.45. The topological polar surface area (TPSA) is 79.4 Å². The number of carbonyl (C=O) groups is 1. The maximum Gasteiger partial charge on any atom is 0.317 e. The number of carbonyl (C=O) groups excluding carboxylic acids is 1. The minimum Gasteiger partial charge on any atom is -0.457 e. The molecule has 2 amide bonds. The van der Waals surface area contributed by atoms with Crippen molar-refractivity contribution < 1.29 is 9.53 Å². The van der Waals surface area contributed by atoms with Gasteiger partial charge in [0.15, 0.2) is 0 Å². The molecular weight excluding hydrogens is 462 g/mol. The standard InChI is InChI=1S/C30H29N5O2/c1-21-17-24(13-15-28(21)37-25-8-4-3-5-9-25)34-29-26-18-22(12-14-27(26)32-20-33-29)10-11-23-7-6-16-35(19-23)30(36)31-2/h3-5,8-9,12-15,17-18,20,23H,6-7,16,19H2,1-2H3,(H,31,36)(H,32,33,34)/t23-/m0/s1. The summed E-state index contributed by atoms with van der Waals surface area (Å²) in [6, 6.07) is 21.6. The van der Waals surface area contributed by atoms with Crippen LogP contribution in [0.1, 0.15) is 24.0 Å². The molecule has 1 saturated heterocycles. The summed E-state index contributed by atoms with van der Waals surface area (Å²) in [4.78, 5) is 22.7. The van der Waals surface area contributed by atoms with E-state index in [9.17, 15) is 4.79 Å². The second kappa shape index (κ2) is 11.0. The highest BCUT2D eigenvalue weighted by Gasteiger charge is 2.21. The molecule has 7 nitrogen and oxygen atoms in total. The number of nitrogens with zero attached hydrogens (tertiary/aromatic N) is 3. The highest BCUT2D eigenvalue weighted by atomic mass is 16.5. The Morgan fingerprint density at radius 1 is 1.08 bits per heavy atom. The number of hydrogen-bond donors (Lipinski definition) is 2. The van der Waals surface area contributed by atoms with Gasteiger partial charge in [-0.15, -0.1) is 0 Å². The molecule has 7 heteroatoms. The Labute approximate surface area is 216 Å². The predicted octanol–water partition coefficient (Wildman–Crippen LogP) is 5.88. The first kappa shape index (κ1) is 24.1. The van der Waals surface area contributed by atoms with E-state index in [2.05, 4.69) is 32.4 Å². The molecule has 1 aliphatic rings. The van der Waals surface area contributed by atoms with Crippen molar-refractivity contribution in [1.82, 2.24) is 20.2 Å². The average molecular weight is 492 g/mol. The van der Waals surface area contributed by atoms with Crippen molar-refractivity contribution in [2.75, 3.05) is 25.5 Å². The summed E-state index contributed by atoms with van der Waals surface area (Å²) >= 11 is 0. The van der Waals surface area contributed by atoms with E-state index >= 15 is 0 Å². The van der Waals surface area contributed by atoms with E-state index in [1.165, 1.54) is 0 Å². The molecule has 1 aromatic heterocycles. The van der Waals surface area contributed by atoms with Crippen molar-refractivity contribution >= 4 is 28.4 Å². The van der Waals surface area contributed by atoms with Gasteiger partial charge in [0.05, 0.1) is 5.52 Å². The van der Waals surface area contributed by atoms with Gasteiger partial charge in [-0.3, -0.25) is 0 Å². The zero-order chi connectivity index (χ0) is 25.6. The highest BCUT2D eigenvalue weighted by Crippen LogP contribution is 2.30. The third-order valence-electron chi connectivity index (χ3n) is 6.39. The Morgan fingerprint density at radius 2 is 1.95 bits per heavy atom. The van der Waals surface area contributed by atoms with Gasteiger partial charge in [0, 0.05) is 42.7 Å². The summed E-state index contributed by atoms with van der Waals surface area (Å²) in [5, 5.41) is 7.03. The lowest BCUT2D eigenvalue weighted by Gasteiger charge is -2.29. The molecule has 0 saturated carbocycles. The third kappa shape index (κ3) is 5.81. The minimum absolute atomic E-state index is 0.0417. The lowest BCUT2D eigenvalue weighted by atomic mass is 9.98. The number of anilines is 2. The molecule has 1 fully saturated rings. The van der Waals surface area contributed by atoms with Crippen molar-refractivity contribution in [3.8, 4) is 23.3 Å². The summed E-state index contributed by atoms with van der Waals surface area (Å²) in [5.74, 6) is 9.16. The van der Waals surface area contributed by atoms with Crippen LogP contribution in [-0.4, -0.2) is 41.0 Å². The Balaban J connectivity index is 1.34. The number of likely N-dealkylation sites (tertiary alicyclic amines) is 1.